The molecule has 1 aromatic carbocycles. The predicted octanol–water partition coefficient (Wildman–Crippen LogP) is 4.08. The van der Waals surface area contributed by atoms with Crippen molar-refractivity contribution in [3.63, 3.8) is 0 Å². The maximum absolute atomic E-state index is 14.3. The molecule has 4 nitrogen and oxygen atoms in total. The summed E-state index contributed by atoms with van der Waals surface area (Å²) in [5.41, 5.74) is 2.76. The molecule has 2 heterocycles. The SMILES string of the molecule is Cn1c(CC(O)NC2CCCC2)c2n(c1=S)C[C@@H](c1cc(Cl)ccc1F)C2. The molecule has 27 heavy (non-hydrogen) atoms. The van der Waals surface area contributed by atoms with Crippen LogP contribution in [0.15, 0.2) is 18.2 Å². The van der Waals surface area contributed by atoms with E-state index in [1.165, 1.54) is 18.9 Å². The zero-order chi connectivity index (χ0) is 19.1. The second kappa shape index (κ2) is 7.66. The third-order valence-corrected chi connectivity index (χ3v) is 6.72. The first-order chi connectivity index (χ1) is 12.9. The van der Waals surface area contributed by atoms with E-state index in [-0.39, 0.29) is 11.7 Å². The number of imidazole rings is 1. The van der Waals surface area contributed by atoms with Crippen molar-refractivity contribution in [2.45, 2.75) is 63.3 Å². The molecule has 2 aromatic rings. The second-order valence-electron chi connectivity index (χ2n) is 7.78. The summed E-state index contributed by atoms with van der Waals surface area (Å²) in [6.07, 6.45) is 5.31. The van der Waals surface area contributed by atoms with Crippen molar-refractivity contribution in [1.29, 1.82) is 0 Å². The lowest BCUT2D eigenvalue weighted by atomic mass is 9.95. The molecular weight excluding hydrogens is 385 g/mol. The number of aliphatic hydroxyl groups excluding tert-OH is 1. The van der Waals surface area contributed by atoms with Crippen LogP contribution in [-0.2, 0) is 26.4 Å². The lowest BCUT2D eigenvalue weighted by molar-refractivity contribution is 0.121. The molecule has 0 spiro atoms. The van der Waals surface area contributed by atoms with E-state index in [2.05, 4.69) is 9.88 Å². The molecule has 1 aliphatic carbocycles. The van der Waals surface area contributed by atoms with Crippen molar-refractivity contribution >= 4 is 23.8 Å². The topological polar surface area (TPSA) is 42.1 Å². The summed E-state index contributed by atoms with van der Waals surface area (Å²) < 4.78 is 19.1. The average molecular weight is 410 g/mol. The monoisotopic (exact) mass is 409 g/mol. The largest absolute Gasteiger partial charge is 0.378 e. The van der Waals surface area contributed by atoms with E-state index in [1.807, 2.05) is 11.6 Å². The van der Waals surface area contributed by atoms with Gasteiger partial charge in [-0.2, -0.15) is 0 Å². The van der Waals surface area contributed by atoms with E-state index in [4.69, 9.17) is 23.8 Å². The number of halogens is 2. The molecule has 1 aromatic heterocycles. The third kappa shape index (κ3) is 3.73. The molecule has 1 saturated carbocycles. The molecule has 2 atom stereocenters. The first-order valence-electron chi connectivity index (χ1n) is 9.60. The molecule has 0 amide bonds. The van der Waals surface area contributed by atoms with Crippen LogP contribution < -0.4 is 5.32 Å². The van der Waals surface area contributed by atoms with Gasteiger partial charge in [-0.15, -0.1) is 0 Å². The highest BCUT2D eigenvalue weighted by Gasteiger charge is 2.31. The first kappa shape index (κ1) is 19.1. The number of benzene rings is 1. The molecule has 0 radical (unpaired) electrons. The van der Waals surface area contributed by atoms with E-state index in [1.54, 1.807) is 12.1 Å². The van der Waals surface area contributed by atoms with Crippen LogP contribution in [0.1, 0.15) is 48.6 Å². The Hall–Kier alpha value is -1.21. The Balaban J connectivity index is 1.56. The molecule has 0 saturated heterocycles. The lowest BCUT2D eigenvalue weighted by Crippen LogP contribution is -2.38. The summed E-state index contributed by atoms with van der Waals surface area (Å²) in [6.45, 7) is 0.644. The highest BCUT2D eigenvalue weighted by molar-refractivity contribution is 7.71. The molecule has 1 aliphatic heterocycles. The van der Waals surface area contributed by atoms with Crippen molar-refractivity contribution in [3.8, 4) is 0 Å². The van der Waals surface area contributed by atoms with Crippen LogP contribution in [0.2, 0.25) is 5.02 Å². The van der Waals surface area contributed by atoms with Crippen molar-refractivity contribution in [2.24, 2.45) is 7.05 Å². The number of nitrogens with one attached hydrogen (secondary N) is 1. The molecular formula is C20H25ClFN3OS. The number of hydrogen-bond donors (Lipinski definition) is 2. The van der Waals surface area contributed by atoms with Gasteiger partial charge >= 0.3 is 0 Å². The van der Waals surface area contributed by atoms with Gasteiger partial charge < -0.3 is 14.2 Å². The van der Waals surface area contributed by atoms with Crippen LogP contribution in [0.25, 0.3) is 0 Å². The van der Waals surface area contributed by atoms with Crippen molar-refractivity contribution in [2.75, 3.05) is 0 Å². The smallest absolute Gasteiger partial charge is 0.179 e. The van der Waals surface area contributed by atoms with Crippen molar-refractivity contribution < 1.29 is 9.50 Å². The van der Waals surface area contributed by atoms with Crippen LogP contribution in [0.5, 0.6) is 0 Å². The van der Waals surface area contributed by atoms with Crippen LogP contribution in [0.4, 0.5) is 4.39 Å². The van der Waals surface area contributed by atoms with Crippen LogP contribution in [0, 0.1) is 10.6 Å². The summed E-state index contributed by atoms with van der Waals surface area (Å²) in [5.74, 6) is -0.213. The van der Waals surface area contributed by atoms with Gasteiger partial charge in [-0.05, 0) is 55.2 Å². The Labute approximate surface area is 169 Å². The zero-order valence-electron chi connectivity index (χ0n) is 15.4. The minimum absolute atomic E-state index is 0.0142. The lowest BCUT2D eigenvalue weighted by Gasteiger charge is -2.19. The molecule has 146 valence electrons. The molecule has 4 rings (SSSR count). The average Bonchev–Trinajstić information content (AvgIpc) is 3.33. The van der Waals surface area contributed by atoms with Gasteiger partial charge in [0.25, 0.3) is 0 Å². The van der Waals surface area contributed by atoms with Crippen LogP contribution in [-0.4, -0.2) is 26.5 Å². The fraction of sp³-hybridized carbons (Fsp3) is 0.550. The van der Waals surface area contributed by atoms with Gasteiger partial charge in [-0.25, -0.2) is 4.39 Å². The quantitative estimate of drug-likeness (QED) is 0.577. The fourth-order valence-corrected chi connectivity index (χ4v) is 5.07. The third-order valence-electron chi connectivity index (χ3n) is 5.99. The molecule has 2 aliphatic rings. The van der Waals surface area contributed by atoms with E-state index >= 15 is 0 Å². The van der Waals surface area contributed by atoms with Gasteiger partial charge in [-0.3, -0.25) is 5.32 Å². The minimum Gasteiger partial charge on any atom is -0.378 e. The number of hydrogen-bond acceptors (Lipinski definition) is 3. The minimum atomic E-state index is -0.595. The van der Waals surface area contributed by atoms with Crippen LogP contribution in [0.3, 0.4) is 0 Å². The molecule has 2 N–H and O–H groups in total. The van der Waals surface area contributed by atoms with Gasteiger partial charge in [0.1, 0.15) is 12.0 Å². The number of rotatable bonds is 5. The Morgan fingerprint density at radius 1 is 1.37 bits per heavy atom. The molecule has 7 heteroatoms. The molecule has 1 unspecified atom stereocenters. The number of aromatic nitrogens is 2. The van der Waals surface area contributed by atoms with Gasteiger partial charge in [-0.1, -0.05) is 24.4 Å². The Kier molecular flexibility index (Phi) is 5.43. The number of fused-ring (bicyclic) bond motifs is 1. The van der Waals surface area contributed by atoms with E-state index in [9.17, 15) is 9.50 Å². The standard InChI is InChI=1S/C20H25ClFN3OS/c1-24-17(10-19(26)23-14-4-2-3-5-14)18-8-12(11-25(18)20(24)27)15-9-13(21)6-7-16(15)22/h6-7,9,12,14,19,23,26H,2-5,8,10-11H2,1H3/t12-,19?/m0/s1. The highest BCUT2D eigenvalue weighted by atomic mass is 35.5. The van der Waals surface area contributed by atoms with Gasteiger partial charge in [0.2, 0.25) is 0 Å². The van der Waals surface area contributed by atoms with Crippen LogP contribution >= 0.6 is 23.8 Å². The first-order valence-corrected chi connectivity index (χ1v) is 10.4. The van der Waals surface area contributed by atoms with Crippen molar-refractivity contribution in [3.05, 3.63) is 50.8 Å². The van der Waals surface area contributed by atoms with E-state index in [0.29, 0.717) is 36.0 Å². The van der Waals surface area contributed by atoms with Crippen molar-refractivity contribution in [1.82, 2.24) is 14.5 Å². The van der Waals surface area contributed by atoms with E-state index in [0.717, 1.165) is 29.0 Å². The summed E-state index contributed by atoms with van der Waals surface area (Å²) >= 11 is 11.7. The summed E-state index contributed by atoms with van der Waals surface area (Å²) in [6, 6.07) is 5.12. The number of aliphatic hydroxyl groups is 1. The molecule has 1 fully saturated rings. The normalized spacial score (nSPS) is 21.0. The maximum atomic E-state index is 14.3. The molecule has 0 bridgehead atoms. The van der Waals surface area contributed by atoms with E-state index < -0.39 is 6.23 Å². The zero-order valence-corrected chi connectivity index (χ0v) is 17.0. The Morgan fingerprint density at radius 3 is 2.85 bits per heavy atom. The van der Waals surface area contributed by atoms with Gasteiger partial charge in [0.15, 0.2) is 4.77 Å². The van der Waals surface area contributed by atoms with Gasteiger partial charge in [0.05, 0.1) is 0 Å². The maximum Gasteiger partial charge on any atom is 0.179 e. The highest BCUT2D eigenvalue weighted by Crippen LogP contribution is 2.35. The second-order valence-corrected chi connectivity index (χ2v) is 8.58. The summed E-state index contributed by atoms with van der Waals surface area (Å²) in [7, 11) is 1.94. The Morgan fingerprint density at radius 2 is 2.11 bits per heavy atom. The predicted molar refractivity (Wildman–Crippen MR) is 107 cm³/mol. The summed E-state index contributed by atoms with van der Waals surface area (Å²) in [4.78, 5) is 0. The fourth-order valence-electron chi connectivity index (χ4n) is 4.59. The number of nitrogens with zero attached hydrogens (tertiary/aromatic N) is 2. The Bertz CT molecular complexity index is 903. The van der Waals surface area contributed by atoms with Gasteiger partial charge in [0, 0.05) is 48.4 Å². The summed E-state index contributed by atoms with van der Waals surface area (Å²) in [5, 5.41) is 14.4.